The number of nitro groups is 1. The zero-order valence-corrected chi connectivity index (χ0v) is 15.5. The van der Waals surface area contributed by atoms with E-state index in [2.05, 4.69) is 5.32 Å². The van der Waals surface area contributed by atoms with Crippen LogP contribution in [-0.2, 0) is 14.8 Å². The lowest BCUT2D eigenvalue weighted by atomic mass is 10.1. The lowest BCUT2D eigenvalue weighted by Gasteiger charge is -2.20. The van der Waals surface area contributed by atoms with Gasteiger partial charge in [0, 0.05) is 12.6 Å². The fourth-order valence-corrected chi connectivity index (χ4v) is 3.83. The maximum atomic E-state index is 13.0. The van der Waals surface area contributed by atoms with E-state index in [1.54, 1.807) is 6.92 Å². The van der Waals surface area contributed by atoms with Gasteiger partial charge in [-0.2, -0.15) is 4.31 Å². The van der Waals surface area contributed by atoms with E-state index in [0.717, 1.165) is 28.6 Å². The van der Waals surface area contributed by atoms with Crippen molar-refractivity contribution in [2.45, 2.75) is 18.7 Å². The minimum atomic E-state index is -3.99. The van der Waals surface area contributed by atoms with Crippen molar-refractivity contribution in [3.8, 4) is 0 Å². The van der Waals surface area contributed by atoms with Crippen molar-refractivity contribution in [3.63, 3.8) is 0 Å². The summed E-state index contributed by atoms with van der Waals surface area (Å²) in [6.45, 7) is 2.58. The monoisotopic (exact) mass is 395 g/mol. The molecule has 2 aromatic rings. The van der Waals surface area contributed by atoms with E-state index in [4.69, 9.17) is 0 Å². The number of benzene rings is 2. The molecule has 0 aliphatic heterocycles. The largest absolute Gasteiger partial charge is 0.324 e. The van der Waals surface area contributed by atoms with Gasteiger partial charge in [-0.15, -0.1) is 0 Å². The molecule has 0 aromatic heterocycles. The number of sulfonamides is 1. The third-order valence-corrected chi connectivity index (χ3v) is 5.84. The van der Waals surface area contributed by atoms with Crippen molar-refractivity contribution in [2.75, 3.05) is 18.4 Å². The van der Waals surface area contributed by atoms with Crippen LogP contribution in [0, 0.1) is 22.9 Å². The fourth-order valence-electron chi connectivity index (χ4n) is 2.43. The van der Waals surface area contributed by atoms with Crippen LogP contribution >= 0.6 is 0 Å². The summed E-state index contributed by atoms with van der Waals surface area (Å²) >= 11 is 0. The Morgan fingerprint density at radius 3 is 2.41 bits per heavy atom. The molecule has 0 heterocycles. The van der Waals surface area contributed by atoms with Crippen LogP contribution < -0.4 is 5.32 Å². The SMILES string of the molecule is CCN(CC(=O)Nc1cccc([N+](=O)[O-])c1C)S(=O)(=O)c1ccc(F)cc1. The van der Waals surface area contributed by atoms with Gasteiger partial charge in [-0.05, 0) is 37.3 Å². The summed E-state index contributed by atoms with van der Waals surface area (Å²) in [5.74, 6) is -1.22. The first kappa shape index (κ1) is 20.5. The third kappa shape index (κ3) is 4.66. The molecule has 8 nitrogen and oxygen atoms in total. The predicted molar refractivity (Wildman–Crippen MR) is 97.3 cm³/mol. The van der Waals surface area contributed by atoms with Gasteiger partial charge in [-0.3, -0.25) is 14.9 Å². The molecule has 0 fully saturated rings. The van der Waals surface area contributed by atoms with Crippen molar-refractivity contribution in [2.24, 2.45) is 0 Å². The summed E-state index contributed by atoms with van der Waals surface area (Å²) in [7, 11) is -3.99. The molecular formula is C17H18FN3O5S. The van der Waals surface area contributed by atoms with Crippen LogP contribution in [0.25, 0.3) is 0 Å². The van der Waals surface area contributed by atoms with E-state index in [0.29, 0.717) is 0 Å². The number of nitro benzene ring substituents is 1. The van der Waals surface area contributed by atoms with Crippen LogP contribution in [-0.4, -0.2) is 36.6 Å². The second kappa shape index (κ2) is 8.23. The Bertz CT molecular complexity index is 961. The van der Waals surface area contributed by atoms with Crippen molar-refractivity contribution in [3.05, 3.63) is 64.0 Å². The molecule has 0 saturated heterocycles. The van der Waals surface area contributed by atoms with Gasteiger partial charge >= 0.3 is 0 Å². The maximum absolute atomic E-state index is 13.0. The molecule has 0 spiro atoms. The van der Waals surface area contributed by atoms with E-state index in [9.17, 15) is 27.7 Å². The quantitative estimate of drug-likeness (QED) is 0.573. The van der Waals surface area contributed by atoms with Gasteiger partial charge in [-0.1, -0.05) is 13.0 Å². The van der Waals surface area contributed by atoms with Gasteiger partial charge < -0.3 is 5.32 Å². The number of anilines is 1. The van der Waals surface area contributed by atoms with Crippen LogP contribution in [0.3, 0.4) is 0 Å². The molecule has 0 aliphatic carbocycles. The van der Waals surface area contributed by atoms with Crippen LogP contribution in [0.15, 0.2) is 47.4 Å². The summed E-state index contributed by atoms with van der Waals surface area (Å²) in [6, 6.07) is 8.51. The number of hydrogen-bond donors (Lipinski definition) is 1. The Morgan fingerprint density at radius 2 is 1.85 bits per heavy atom. The molecule has 2 rings (SSSR count). The Hall–Kier alpha value is -2.85. The highest BCUT2D eigenvalue weighted by Crippen LogP contribution is 2.25. The minimum Gasteiger partial charge on any atom is -0.324 e. The lowest BCUT2D eigenvalue weighted by Crippen LogP contribution is -2.37. The molecule has 144 valence electrons. The molecule has 1 N–H and O–H groups in total. The second-order valence-corrected chi connectivity index (χ2v) is 7.58. The topological polar surface area (TPSA) is 110 Å². The smallest absolute Gasteiger partial charge is 0.274 e. The Labute approximate surface area is 155 Å². The molecule has 0 radical (unpaired) electrons. The van der Waals surface area contributed by atoms with Crippen LogP contribution in [0.5, 0.6) is 0 Å². The number of nitrogens with one attached hydrogen (secondary N) is 1. The number of likely N-dealkylation sites (N-methyl/N-ethyl adjacent to an activating group) is 1. The van der Waals surface area contributed by atoms with Gasteiger partial charge in [-0.25, -0.2) is 12.8 Å². The Balaban J connectivity index is 2.19. The van der Waals surface area contributed by atoms with E-state index < -0.39 is 33.2 Å². The molecule has 0 bridgehead atoms. The van der Waals surface area contributed by atoms with E-state index in [1.165, 1.54) is 25.1 Å². The molecule has 0 aliphatic rings. The number of carbonyl (C=O) groups is 1. The normalized spacial score (nSPS) is 11.4. The lowest BCUT2D eigenvalue weighted by molar-refractivity contribution is -0.385. The van der Waals surface area contributed by atoms with Gasteiger partial charge in [0.15, 0.2) is 0 Å². The Morgan fingerprint density at radius 1 is 1.22 bits per heavy atom. The highest BCUT2D eigenvalue weighted by atomic mass is 32.2. The molecular weight excluding hydrogens is 377 g/mol. The number of hydrogen-bond acceptors (Lipinski definition) is 5. The molecule has 0 unspecified atom stereocenters. The maximum Gasteiger partial charge on any atom is 0.274 e. The summed E-state index contributed by atoms with van der Waals surface area (Å²) < 4.78 is 39.2. The third-order valence-electron chi connectivity index (χ3n) is 3.90. The summed E-state index contributed by atoms with van der Waals surface area (Å²) in [4.78, 5) is 22.6. The number of carbonyl (C=O) groups excluding carboxylic acids is 1. The minimum absolute atomic E-state index is 0.0149. The molecule has 1 amide bonds. The summed E-state index contributed by atoms with van der Waals surface area (Å²) in [6.07, 6.45) is 0. The van der Waals surface area contributed by atoms with Crippen LogP contribution in [0.1, 0.15) is 12.5 Å². The molecule has 10 heteroatoms. The molecule has 0 atom stereocenters. The first-order chi connectivity index (χ1) is 12.7. The summed E-state index contributed by atoms with van der Waals surface area (Å²) in [5.41, 5.74) is 0.337. The van der Waals surface area contributed by atoms with Gasteiger partial charge in [0.1, 0.15) is 5.82 Å². The summed E-state index contributed by atoms with van der Waals surface area (Å²) in [5, 5.41) is 13.5. The first-order valence-corrected chi connectivity index (χ1v) is 9.40. The first-order valence-electron chi connectivity index (χ1n) is 7.96. The van der Waals surface area contributed by atoms with Gasteiger partial charge in [0.25, 0.3) is 5.69 Å². The average molecular weight is 395 g/mol. The zero-order chi connectivity index (χ0) is 20.2. The highest BCUT2D eigenvalue weighted by Gasteiger charge is 2.26. The van der Waals surface area contributed by atoms with Gasteiger partial charge in [0.05, 0.1) is 27.6 Å². The number of rotatable bonds is 7. The van der Waals surface area contributed by atoms with Crippen LogP contribution in [0.4, 0.5) is 15.8 Å². The average Bonchev–Trinajstić information content (AvgIpc) is 2.61. The van der Waals surface area contributed by atoms with E-state index in [-0.39, 0.29) is 28.4 Å². The van der Waals surface area contributed by atoms with E-state index in [1.807, 2.05) is 0 Å². The van der Waals surface area contributed by atoms with Crippen molar-refractivity contribution in [1.29, 1.82) is 0 Å². The van der Waals surface area contributed by atoms with Gasteiger partial charge in [0.2, 0.25) is 15.9 Å². The molecule has 0 saturated carbocycles. The fraction of sp³-hybridized carbons (Fsp3) is 0.235. The van der Waals surface area contributed by atoms with Crippen molar-refractivity contribution < 1.29 is 22.5 Å². The number of amides is 1. The van der Waals surface area contributed by atoms with E-state index >= 15 is 0 Å². The Kier molecular flexibility index (Phi) is 6.24. The second-order valence-electron chi connectivity index (χ2n) is 5.64. The van der Waals surface area contributed by atoms with Crippen molar-refractivity contribution >= 4 is 27.3 Å². The molecule has 27 heavy (non-hydrogen) atoms. The highest BCUT2D eigenvalue weighted by molar-refractivity contribution is 7.89. The van der Waals surface area contributed by atoms with Crippen LogP contribution in [0.2, 0.25) is 0 Å². The number of nitrogens with zero attached hydrogens (tertiary/aromatic N) is 2. The standard InChI is InChI=1S/C17H18FN3O5S/c1-3-20(27(25,26)14-9-7-13(18)8-10-14)11-17(22)19-15-5-4-6-16(12(15)2)21(23)24/h4-10H,3,11H2,1-2H3,(H,19,22). The molecule has 2 aromatic carbocycles. The zero-order valence-electron chi connectivity index (χ0n) is 14.7. The predicted octanol–water partition coefficient (Wildman–Crippen LogP) is 2.69. The van der Waals surface area contributed by atoms with Crippen molar-refractivity contribution in [1.82, 2.24) is 4.31 Å². The number of halogens is 1.